The summed E-state index contributed by atoms with van der Waals surface area (Å²) < 4.78 is 8.35. The monoisotopic (exact) mass is 439 g/mol. The Morgan fingerprint density at radius 3 is 2.61 bits per heavy atom. The van der Waals surface area contributed by atoms with E-state index in [1.54, 1.807) is 0 Å². The van der Waals surface area contributed by atoms with E-state index in [0.717, 1.165) is 47.4 Å². The van der Waals surface area contributed by atoms with Crippen LogP contribution in [0.3, 0.4) is 0 Å². The van der Waals surface area contributed by atoms with Crippen LogP contribution in [0.15, 0.2) is 91.5 Å². The van der Waals surface area contributed by atoms with Gasteiger partial charge >= 0.3 is 0 Å². The molecule has 1 aromatic heterocycles. The Balaban J connectivity index is 1.38. The van der Waals surface area contributed by atoms with Crippen LogP contribution in [0.4, 0.5) is 0 Å². The minimum Gasteiger partial charge on any atom is -0.491 e. The van der Waals surface area contributed by atoms with E-state index in [0.29, 0.717) is 25.3 Å². The van der Waals surface area contributed by atoms with Crippen molar-refractivity contribution in [3.63, 3.8) is 0 Å². The normalized spacial score (nSPS) is 10.8. The number of hydrogen-bond acceptors (Lipinski definition) is 3. The van der Waals surface area contributed by atoms with Gasteiger partial charge in [0, 0.05) is 18.5 Å². The van der Waals surface area contributed by atoms with E-state index in [4.69, 9.17) is 9.72 Å². The predicted octanol–water partition coefficient (Wildman–Crippen LogP) is 5.21. The first-order valence-corrected chi connectivity index (χ1v) is 11.4. The Morgan fingerprint density at radius 2 is 1.76 bits per heavy atom. The number of imidazole rings is 1. The summed E-state index contributed by atoms with van der Waals surface area (Å²) in [7, 11) is 0. The molecule has 0 unspecified atom stereocenters. The van der Waals surface area contributed by atoms with Crippen LogP contribution < -0.4 is 10.1 Å². The number of benzene rings is 3. The highest BCUT2D eigenvalue weighted by Crippen LogP contribution is 2.20. The molecule has 0 aliphatic carbocycles. The van der Waals surface area contributed by atoms with Gasteiger partial charge < -0.3 is 14.6 Å². The number of amides is 1. The molecule has 0 saturated carbocycles. The van der Waals surface area contributed by atoms with Crippen LogP contribution in [0.2, 0.25) is 0 Å². The second kappa shape index (κ2) is 11.1. The smallest absolute Gasteiger partial charge is 0.251 e. The van der Waals surface area contributed by atoms with Gasteiger partial charge in [-0.1, -0.05) is 54.6 Å². The number of rotatable bonds is 11. The summed E-state index contributed by atoms with van der Waals surface area (Å²) in [6, 6.07) is 25.5. The zero-order valence-corrected chi connectivity index (χ0v) is 18.7. The van der Waals surface area contributed by atoms with Gasteiger partial charge in [0.1, 0.15) is 18.2 Å². The zero-order chi connectivity index (χ0) is 22.9. The number of allylic oxidation sites excluding steroid dienone is 1. The molecule has 4 aromatic rings. The molecule has 1 amide bonds. The molecule has 4 rings (SSSR count). The summed E-state index contributed by atoms with van der Waals surface area (Å²) in [5.41, 5.74) is 3.90. The maximum Gasteiger partial charge on any atom is 0.251 e. The van der Waals surface area contributed by atoms with Crippen molar-refractivity contribution in [2.45, 2.75) is 25.8 Å². The molecule has 3 aromatic carbocycles. The third kappa shape index (κ3) is 5.69. The molecule has 0 fully saturated rings. The van der Waals surface area contributed by atoms with Crippen molar-refractivity contribution < 1.29 is 9.53 Å². The average molecular weight is 440 g/mol. The maximum absolute atomic E-state index is 12.3. The van der Waals surface area contributed by atoms with E-state index in [2.05, 4.69) is 28.6 Å². The maximum atomic E-state index is 12.3. The summed E-state index contributed by atoms with van der Waals surface area (Å²) in [6.07, 6.45) is 4.26. The molecule has 0 radical (unpaired) electrons. The Bertz CT molecular complexity index is 1210. The molecule has 0 saturated heterocycles. The average Bonchev–Trinajstić information content (AvgIpc) is 3.21. The zero-order valence-electron chi connectivity index (χ0n) is 18.7. The highest BCUT2D eigenvalue weighted by molar-refractivity contribution is 5.94. The van der Waals surface area contributed by atoms with Crippen LogP contribution in [0.1, 0.15) is 28.2 Å². The molecule has 1 heterocycles. The minimum absolute atomic E-state index is 0.0457. The molecule has 0 atom stereocenters. The first-order valence-electron chi connectivity index (χ1n) is 11.4. The topological polar surface area (TPSA) is 56.1 Å². The second-order valence-electron chi connectivity index (χ2n) is 7.84. The fourth-order valence-electron chi connectivity index (χ4n) is 3.92. The number of carbonyl (C=O) groups excluding carboxylic acids is 1. The molecule has 33 heavy (non-hydrogen) atoms. The van der Waals surface area contributed by atoms with E-state index in [-0.39, 0.29) is 5.91 Å². The fraction of sp³-hybridized carbons (Fsp3) is 0.214. The Labute approximate surface area is 194 Å². The van der Waals surface area contributed by atoms with Gasteiger partial charge in [-0.2, -0.15) is 0 Å². The molecule has 0 bridgehead atoms. The Kier molecular flexibility index (Phi) is 7.54. The third-order valence-corrected chi connectivity index (χ3v) is 5.54. The van der Waals surface area contributed by atoms with Gasteiger partial charge in [-0.05, 0) is 48.7 Å². The van der Waals surface area contributed by atoms with Gasteiger partial charge in [0.2, 0.25) is 0 Å². The second-order valence-corrected chi connectivity index (χ2v) is 7.84. The SMILES string of the molecule is C=CCc1ccccc1OCCn1c(CCCNC(=O)c2ccccc2)nc2ccccc21. The van der Waals surface area contributed by atoms with Gasteiger partial charge in [-0.15, -0.1) is 6.58 Å². The number of nitrogens with zero attached hydrogens (tertiary/aromatic N) is 2. The van der Waals surface area contributed by atoms with Crippen LogP contribution in [0, 0.1) is 0 Å². The quantitative estimate of drug-likeness (QED) is 0.258. The predicted molar refractivity (Wildman–Crippen MR) is 133 cm³/mol. The Hall–Kier alpha value is -3.86. The highest BCUT2D eigenvalue weighted by atomic mass is 16.5. The van der Waals surface area contributed by atoms with Crippen LogP contribution >= 0.6 is 0 Å². The first-order chi connectivity index (χ1) is 16.3. The molecular weight excluding hydrogens is 410 g/mol. The largest absolute Gasteiger partial charge is 0.491 e. The third-order valence-electron chi connectivity index (χ3n) is 5.54. The van der Waals surface area contributed by atoms with Gasteiger partial charge in [-0.3, -0.25) is 4.79 Å². The van der Waals surface area contributed by atoms with Crippen molar-refractivity contribution in [2.75, 3.05) is 13.2 Å². The first kappa shape index (κ1) is 22.3. The number of aryl methyl sites for hydroxylation is 1. The number of nitrogens with one attached hydrogen (secondary N) is 1. The van der Waals surface area contributed by atoms with Crippen molar-refractivity contribution in [3.8, 4) is 5.75 Å². The number of carbonyl (C=O) groups is 1. The molecule has 1 N–H and O–H groups in total. The molecule has 5 heteroatoms. The summed E-state index contributed by atoms with van der Waals surface area (Å²) >= 11 is 0. The van der Waals surface area contributed by atoms with Crippen molar-refractivity contribution in [3.05, 3.63) is 108 Å². The van der Waals surface area contributed by atoms with E-state index in [1.807, 2.05) is 72.8 Å². The highest BCUT2D eigenvalue weighted by Gasteiger charge is 2.11. The minimum atomic E-state index is -0.0457. The lowest BCUT2D eigenvalue weighted by Crippen LogP contribution is -2.25. The van der Waals surface area contributed by atoms with Gasteiger partial charge in [0.15, 0.2) is 0 Å². The lowest BCUT2D eigenvalue weighted by Gasteiger charge is -2.13. The van der Waals surface area contributed by atoms with Crippen molar-refractivity contribution >= 4 is 16.9 Å². The summed E-state index contributed by atoms with van der Waals surface area (Å²) in [5.74, 6) is 1.86. The molecule has 0 aliphatic rings. The van der Waals surface area contributed by atoms with Gasteiger partial charge in [-0.25, -0.2) is 4.98 Å². The van der Waals surface area contributed by atoms with E-state index in [1.165, 1.54) is 0 Å². The lowest BCUT2D eigenvalue weighted by molar-refractivity contribution is 0.0953. The number of hydrogen-bond donors (Lipinski definition) is 1. The van der Waals surface area contributed by atoms with E-state index in [9.17, 15) is 4.79 Å². The van der Waals surface area contributed by atoms with Gasteiger partial charge in [0.05, 0.1) is 17.6 Å². The van der Waals surface area contributed by atoms with Crippen LogP contribution in [-0.4, -0.2) is 28.6 Å². The van der Waals surface area contributed by atoms with Gasteiger partial charge in [0.25, 0.3) is 5.91 Å². The van der Waals surface area contributed by atoms with Crippen molar-refractivity contribution in [1.82, 2.24) is 14.9 Å². The van der Waals surface area contributed by atoms with Crippen molar-refractivity contribution in [1.29, 1.82) is 0 Å². The summed E-state index contributed by atoms with van der Waals surface area (Å²) in [5, 5.41) is 3.00. The lowest BCUT2D eigenvalue weighted by atomic mass is 10.1. The van der Waals surface area contributed by atoms with Crippen molar-refractivity contribution in [2.24, 2.45) is 0 Å². The fourth-order valence-corrected chi connectivity index (χ4v) is 3.92. The summed E-state index contributed by atoms with van der Waals surface area (Å²) in [4.78, 5) is 17.1. The van der Waals surface area contributed by atoms with E-state index < -0.39 is 0 Å². The van der Waals surface area contributed by atoms with Crippen LogP contribution in [0.5, 0.6) is 5.75 Å². The van der Waals surface area contributed by atoms with E-state index >= 15 is 0 Å². The number of fused-ring (bicyclic) bond motifs is 1. The summed E-state index contributed by atoms with van der Waals surface area (Å²) in [6.45, 7) is 5.68. The number of aromatic nitrogens is 2. The number of ether oxygens (including phenoxy) is 1. The molecule has 5 nitrogen and oxygen atoms in total. The Morgan fingerprint density at radius 1 is 1.00 bits per heavy atom. The molecular formula is C28H29N3O2. The van der Waals surface area contributed by atoms with Crippen LogP contribution in [-0.2, 0) is 19.4 Å². The molecule has 0 spiro atoms. The molecule has 0 aliphatic heterocycles. The van der Waals surface area contributed by atoms with Crippen LogP contribution in [0.25, 0.3) is 11.0 Å². The standard InChI is InChI=1S/C28H29N3O2/c1-2-11-22-12-6-9-17-26(22)33-21-20-31-25-16-8-7-15-24(25)30-27(31)18-10-19-29-28(32)23-13-4-3-5-14-23/h2-9,12-17H,1,10-11,18-21H2,(H,29,32). The molecule has 168 valence electrons. The number of para-hydroxylation sites is 3.